The molecule has 6 rings (SSSR count). The lowest BCUT2D eigenvalue weighted by atomic mass is 9.90. The number of benzene rings is 1. The zero-order valence-corrected chi connectivity index (χ0v) is 20.3. The lowest BCUT2D eigenvalue weighted by Crippen LogP contribution is -2.35. The van der Waals surface area contributed by atoms with Gasteiger partial charge < -0.3 is 34.4 Å². The highest BCUT2D eigenvalue weighted by atomic mass is 19.1. The Labute approximate surface area is 212 Å². The maximum absolute atomic E-state index is 15.0. The number of allylic oxidation sites excluding steroid dienone is 1. The lowest BCUT2D eigenvalue weighted by molar-refractivity contribution is 0.00794. The number of rotatable bonds is 5. The summed E-state index contributed by atoms with van der Waals surface area (Å²) in [6.07, 6.45) is 2.36. The van der Waals surface area contributed by atoms with E-state index < -0.39 is 18.0 Å². The minimum absolute atomic E-state index is 0.0654. The smallest absolute Gasteiger partial charge is 0.407 e. The van der Waals surface area contributed by atoms with Crippen LogP contribution < -0.4 is 10.1 Å². The van der Waals surface area contributed by atoms with Crippen LogP contribution in [0.5, 0.6) is 5.88 Å². The van der Waals surface area contributed by atoms with Gasteiger partial charge in [-0.15, -0.1) is 0 Å². The highest BCUT2D eigenvalue weighted by molar-refractivity contribution is 5.81. The Balaban J connectivity index is 1.16. The number of halogens is 1. The van der Waals surface area contributed by atoms with Gasteiger partial charge in [-0.2, -0.15) is 0 Å². The first kappa shape index (κ1) is 23.9. The number of pyridine rings is 1. The third-order valence-electron chi connectivity index (χ3n) is 7.24. The normalized spacial score (nSPS) is 27.1. The number of carbonyl (C=O) groups is 1. The van der Waals surface area contributed by atoms with Gasteiger partial charge in [0.05, 0.1) is 31.4 Å². The maximum Gasteiger partial charge on any atom is 0.407 e. The molecule has 1 aromatic carbocycles. The molecule has 0 radical (unpaired) electrons. The van der Waals surface area contributed by atoms with E-state index in [-0.39, 0.29) is 36.7 Å². The monoisotopic (exact) mass is 509 g/mol. The molecule has 0 bridgehead atoms. The zero-order valence-electron chi connectivity index (χ0n) is 20.3. The molecule has 3 aliphatic rings. The summed E-state index contributed by atoms with van der Waals surface area (Å²) in [5.74, 6) is 0.00615. The van der Waals surface area contributed by atoms with E-state index in [1.165, 1.54) is 18.7 Å². The van der Waals surface area contributed by atoms with Gasteiger partial charge in [0.1, 0.15) is 24.0 Å². The van der Waals surface area contributed by atoms with Crippen LogP contribution in [-0.4, -0.2) is 71.9 Å². The number of nitrogens with zero attached hydrogens (tertiary/aromatic N) is 1. The van der Waals surface area contributed by atoms with Crippen LogP contribution in [-0.2, 0) is 14.2 Å². The predicted octanol–water partition coefficient (Wildman–Crippen LogP) is 3.57. The first-order valence-corrected chi connectivity index (χ1v) is 12.4. The first-order valence-electron chi connectivity index (χ1n) is 12.4. The van der Waals surface area contributed by atoms with Gasteiger partial charge in [0, 0.05) is 23.7 Å². The fourth-order valence-electron chi connectivity index (χ4n) is 5.28. The van der Waals surface area contributed by atoms with Crippen molar-refractivity contribution in [2.24, 2.45) is 0 Å². The van der Waals surface area contributed by atoms with Gasteiger partial charge in [-0.25, -0.2) is 14.2 Å². The number of methoxy groups -OCH3 is 1. The van der Waals surface area contributed by atoms with E-state index >= 15 is 4.39 Å². The molecule has 2 aromatic heterocycles. The second kappa shape index (κ2) is 9.77. The molecule has 1 amide bonds. The summed E-state index contributed by atoms with van der Waals surface area (Å²) in [6.45, 7) is 0.529. The van der Waals surface area contributed by atoms with Crippen molar-refractivity contribution < 1.29 is 33.2 Å². The second-order valence-electron chi connectivity index (χ2n) is 9.62. The SMILES string of the molecule is COC(=O)NC1CC=C(c2ccc(-c3nc4cc(O[C@@H]5COC6[C@H](O)CO[C@@H]65)[nH]c4cc3F)cc2)CC1. The molecule has 2 saturated heterocycles. The molecule has 3 aromatic rings. The number of aliphatic hydroxyl groups is 1. The lowest BCUT2D eigenvalue weighted by Gasteiger charge is -2.22. The number of aliphatic hydroxyl groups excluding tert-OH is 1. The highest BCUT2D eigenvalue weighted by Crippen LogP contribution is 2.33. The van der Waals surface area contributed by atoms with Gasteiger partial charge in [0.25, 0.3) is 0 Å². The first-order chi connectivity index (χ1) is 18.0. The van der Waals surface area contributed by atoms with Crippen molar-refractivity contribution in [1.29, 1.82) is 0 Å². The van der Waals surface area contributed by atoms with Crippen molar-refractivity contribution in [1.82, 2.24) is 15.3 Å². The third kappa shape index (κ3) is 4.68. The molecule has 2 aliphatic heterocycles. The summed E-state index contributed by atoms with van der Waals surface area (Å²) >= 11 is 0. The number of H-pyrrole nitrogens is 1. The number of ether oxygens (including phenoxy) is 4. The van der Waals surface area contributed by atoms with Gasteiger partial charge in [-0.3, -0.25) is 0 Å². The van der Waals surface area contributed by atoms with Crippen molar-refractivity contribution in [3.05, 3.63) is 53.9 Å². The van der Waals surface area contributed by atoms with Crippen LogP contribution in [0, 0.1) is 5.82 Å². The molecule has 1 aliphatic carbocycles. The minimum Gasteiger partial charge on any atom is -0.470 e. The number of hydrogen-bond acceptors (Lipinski definition) is 7. The average Bonchev–Trinajstić information content (AvgIpc) is 3.60. The Morgan fingerprint density at radius 1 is 1.16 bits per heavy atom. The quantitative estimate of drug-likeness (QED) is 0.482. The van der Waals surface area contributed by atoms with E-state index in [9.17, 15) is 9.90 Å². The zero-order chi connectivity index (χ0) is 25.5. The predicted molar refractivity (Wildman–Crippen MR) is 133 cm³/mol. The van der Waals surface area contributed by atoms with E-state index in [2.05, 4.69) is 26.1 Å². The number of carbonyl (C=O) groups excluding carboxylic acids is 1. The maximum atomic E-state index is 15.0. The number of amides is 1. The largest absolute Gasteiger partial charge is 0.470 e. The van der Waals surface area contributed by atoms with Crippen molar-refractivity contribution in [2.75, 3.05) is 20.3 Å². The van der Waals surface area contributed by atoms with Crippen LogP contribution in [0.15, 0.2) is 42.5 Å². The van der Waals surface area contributed by atoms with E-state index in [0.29, 0.717) is 29.1 Å². The van der Waals surface area contributed by atoms with Gasteiger partial charge in [0.15, 0.2) is 17.8 Å². The Morgan fingerprint density at radius 3 is 2.70 bits per heavy atom. The topological polar surface area (TPSA) is 115 Å². The molecular weight excluding hydrogens is 481 g/mol. The summed E-state index contributed by atoms with van der Waals surface area (Å²) in [5, 5.41) is 12.8. The van der Waals surface area contributed by atoms with E-state index in [1.807, 2.05) is 24.3 Å². The molecule has 9 nitrogen and oxygen atoms in total. The minimum atomic E-state index is -0.652. The van der Waals surface area contributed by atoms with Crippen LogP contribution >= 0.6 is 0 Å². The van der Waals surface area contributed by atoms with Crippen LogP contribution in [0.25, 0.3) is 27.9 Å². The Morgan fingerprint density at radius 2 is 1.95 bits per heavy atom. The van der Waals surface area contributed by atoms with Crippen LogP contribution in [0.4, 0.5) is 9.18 Å². The second-order valence-corrected chi connectivity index (χ2v) is 9.62. The van der Waals surface area contributed by atoms with Crippen LogP contribution in [0.2, 0.25) is 0 Å². The van der Waals surface area contributed by atoms with E-state index in [4.69, 9.17) is 14.2 Å². The summed E-state index contributed by atoms with van der Waals surface area (Å²) in [7, 11) is 1.36. The molecule has 194 valence electrons. The summed E-state index contributed by atoms with van der Waals surface area (Å²) in [4.78, 5) is 19.0. The molecule has 0 spiro atoms. The van der Waals surface area contributed by atoms with Crippen molar-refractivity contribution in [3.63, 3.8) is 0 Å². The van der Waals surface area contributed by atoms with Gasteiger partial charge in [-0.1, -0.05) is 30.3 Å². The van der Waals surface area contributed by atoms with Gasteiger partial charge in [-0.05, 0) is 30.4 Å². The van der Waals surface area contributed by atoms with Gasteiger partial charge in [0.2, 0.25) is 0 Å². The molecule has 5 atom stereocenters. The summed E-state index contributed by atoms with van der Waals surface area (Å²) in [6, 6.07) is 10.9. The molecule has 0 saturated carbocycles. The summed E-state index contributed by atoms with van der Waals surface area (Å²) < 4.78 is 36.9. The molecular formula is C27H28FN3O6. The van der Waals surface area contributed by atoms with Crippen LogP contribution in [0.3, 0.4) is 0 Å². The van der Waals surface area contributed by atoms with Crippen LogP contribution in [0.1, 0.15) is 24.8 Å². The third-order valence-corrected chi connectivity index (χ3v) is 7.24. The highest BCUT2D eigenvalue weighted by Gasteiger charge is 2.48. The van der Waals surface area contributed by atoms with Crippen molar-refractivity contribution in [2.45, 2.75) is 49.7 Å². The van der Waals surface area contributed by atoms with Crippen molar-refractivity contribution in [3.8, 4) is 17.1 Å². The summed E-state index contributed by atoms with van der Waals surface area (Å²) in [5.41, 5.74) is 4.30. The number of aromatic amines is 1. The fourth-order valence-corrected chi connectivity index (χ4v) is 5.28. The molecule has 10 heteroatoms. The average molecular weight is 510 g/mol. The standard InChI is InChI=1S/C27H28FN3O6/c1-34-27(33)29-17-8-6-15(7-9-17)14-2-4-16(5-3-14)24-18(28)10-19-20(31-24)11-23(30-19)37-22-13-36-25-21(32)12-35-26(22)25/h2-6,10-11,17,21-22,25-26,30,32H,7-9,12-13H2,1H3,(H,29,33)/t17?,21-,22-,25?,26-/m1/s1. The van der Waals surface area contributed by atoms with Crippen molar-refractivity contribution >= 4 is 22.7 Å². The molecule has 37 heavy (non-hydrogen) atoms. The van der Waals surface area contributed by atoms with Gasteiger partial charge >= 0.3 is 6.09 Å². The number of aromatic nitrogens is 2. The molecule has 3 N–H and O–H groups in total. The number of hydrogen-bond donors (Lipinski definition) is 3. The van der Waals surface area contributed by atoms with E-state index in [1.54, 1.807) is 6.07 Å². The Hall–Kier alpha value is -3.47. The number of alkyl carbamates (subject to hydrolysis) is 1. The Kier molecular flexibility index (Phi) is 6.31. The Bertz CT molecular complexity index is 1340. The number of nitrogens with one attached hydrogen (secondary N) is 2. The van der Waals surface area contributed by atoms with E-state index in [0.717, 1.165) is 24.8 Å². The molecule has 2 fully saturated rings. The molecule has 4 heterocycles. The number of fused-ring (bicyclic) bond motifs is 2. The fraction of sp³-hybridized carbons (Fsp3) is 0.407. The molecule has 2 unspecified atom stereocenters.